The second-order valence-electron chi connectivity index (χ2n) is 8.58. The second kappa shape index (κ2) is 8.81. The molecule has 0 aliphatic carbocycles. The van der Waals surface area contributed by atoms with Gasteiger partial charge in [0.2, 0.25) is 0 Å². The van der Waals surface area contributed by atoms with E-state index < -0.39 is 4.87 Å². The van der Waals surface area contributed by atoms with Crippen LogP contribution in [-0.2, 0) is 21.4 Å². The molecule has 166 valence electrons. The number of aromatic nitrogens is 3. The van der Waals surface area contributed by atoms with Crippen LogP contribution in [0.4, 0.5) is 0 Å². The molecule has 4 rings (SSSR count). The van der Waals surface area contributed by atoms with Gasteiger partial charge in [0.05, 0.1) is 17.6 Å². The Hall–Kier alpha value is -2.09. The molecule has 1 unspecified atom stereocenters. The number of thiol groups is 1. The number of nitrogens with zero attached hydrogens (tertiary/aromatic N) is 3. The molecule has 1 atom stereocenters. The van der Waals surface area contributed by atoms with Gasteiger partial charge >= 0.3 is 0 Å². The molecule has 1 aliphatic heterocycles. The van der Waals surface area contributed by atoms with Gasteiger partial charge < -0.3 is 18.6 Å². The highest BCUT2D eigenvalue weighted by atomic mass is 32.1. The van der Waals surface area contributed by atoms with Crippen molar-refractivity contribution in [1.82, 2.24) is 14.1 Å². The maximum atomic E-state index is 12.1. The Morgan fingerprint density at radius 1 is 1.26 bits per heavy atom. The summed E-state index contributed by atoms with van der Waals surface area (Å²) in [6, 6.07) is 8.24. The van der Waals surface area contributed by atoms with E-state index in [1.54, 1.807) is 11.6 Å². The standard InChI is InChI=1S/C24H31N3O3S/c1-5-29-15-24(3,31)27-21-13-18(19-12-16(2)23(28)26(4)14-19)6-7-20(21)25-22(27)17-8-10-30-11-9-17/h6-7,12-14,17,31H,5,8-11,15H2,1-4H3. The normalized spacial score (nSPS) is 17.2. The van der Waals surface area contributed by atoms with Crippen LogP contribution < -0.4 is 5.56 Å². The Balaban J connectivity index is 1.89. The number of hydrogen-bond acceptors (Lipinski definition) is 5. The molecule has 0 spiro atoms. The highest BCUT2D eigenvalue weighted by Crippen LogP contribution is 2.37. The van der Waals surface area contributed by atoms with Gasteiger partial charge in [0.1, 0.15) is 10.7 Å². The Morgan fingerprint density at radius 2 is 2.00 bits per heavy atom. The number of rotatable bonds is 6. The third-order valence-electron chi connectivity index (χ3n) is 6.02. The van der Waals surface area contributed by atoms with Crippen LogP contribution in [0.15, 0.2) is 35.3 Å². The smallest absolute Gasteiger partial charge is 0.253 e. The van der Waals surface area contributed by atoms with E-state index in [9.17, 15) is 4.79 Å². The summed E-state index contributed by atoms with van der Waals surface area (Å²) >= 11 is 5.03. The minimum absolute atomic E-state index is 0.0244. The van der Waals surface area contributed by atoms with Gasteiger partial charge in [-0.3, -0.25) is 4.79 Å². The summed E-state index contributed by atoms with van der Waals surface area (Å²) in [4.78, 5) is 16.6. The lowest BCUT2D eigenvalue weighted by Crippen LogP contribution is -2.32. The topological polar surface area (TPSA) is 58.3 Å². The molecule has 0 saturated carbocycles. The molecular weight excluding hydrogens is 410 g/mol. The zero-order chi connectivity index (χ0) is 22.2. The lowest BCUT2D eigenvalue weighted by Gasteiger charge is -2.31. The van der Waals surface area contributed by atoms with Crippen molar-refractivity contribution in [3.63, 3.8) is 0 Å². The molecule has 1 aliphatic rings. The summed E-state index contributed by atoms with van der Waals surface area (Å²) in [6.07, 6.45) is 3.79. The largest absolute Gasteiger partial charge is 0.381 e. The first kappa shape index (κ1) is 22.1. The zero-order valence-corrected chi connectivity index (χ0v) is 19.6. The molecule has 0 amide bonds. The van der Waals surface area contributed by atoms with Gasteiger partial charge in [-0.1, -0.05) is 6.07 Å². The third-order valence-corrected chi connectivity index (χ3v) is 6.35. The molecule has 3 heterocycles. The molecule has 1 fully saturated rings. The number of fused-ring (bicyclic) bond motifs is 1. The van der Waals surface area contributed by atoms with Gasteiger partial charge in [0, 0.05) is 44.5 Å². The molecule has 7 heteroatoms. The van der Waals surface area contributed by atoms with E-state index in [4.69, 9.17) is 27.1 Å². The van der Waals surface area contributed by atoms with Gasteiger partial charge in [0.15, 0.2) is 0 Å². The average Bonchev–Trinajstić information content (AvgIpc) is 3.16. The number of benzene rings is 1. The lowest BCUT2D eigenvalue weighted by molar-refractivity contribution is 0.0792. The van der Waals surface area contributed by atoms with Crippen molar-refractivity contribution in [1.29, 1.82) is 0 Å². The van der Waals surface area contributed by atoms with E-state index in [0.29, 0.717) is 19.1 Å². The van der Waals surface area contributed by atoms with Crippen LogP contribution in [0, 0.1) is 6.92 Å². The number of hydrogen-bond donors (Lipinski definition) is 1. The van der Waals surface area contributed by atoms with Gasteiger partial charge in [-0.2, -0.15) is 0 Å². The minimum atomic E-state index is -0.545. The van der Waals surface area contributed by atoms with Crippen molar-refractivity contribution >= 4 is 23.7 Å². The van der Waals surface area contributed by atoms with Crippen LogP contribution >= 0.6 is 12.6 Å². The summed E-state index contributed by atoms with van der Waals surface area (Å²) < 4.78 is 15.3. The van der Waals surface area contributed by atoms with E-state index in [0.717, 1.165) is 59.6 Å². The number of pyridine rings is 1. The Kier molecular flexibility index (Phi) is 6.28. The molecule has 1 aromatic carbocycles. The molecule has 0 radical (unpaired) electrons. The van der Waals surface area contributed by atoms with Crippen molar-refractivity contribution in [2.45, 2.75) is 44.4 Å². The van der Waals surface area contributed by atoms with E-state index >= 15 is 0 Å². The predicted octanol–water partition coefficient (Wildman–Crippen LogP) is 4.24. The SMILES string of the molecule is CCOCC(C)(S)n1c(C2CCOCC2)nc2ccc(-c3cc(C)c(=O)n(C)c3)cc21. The van der Waals surface area contributed by atoms with Crippen LogP contribution in [-0.4, -0.2) is 40.5 Å². The minimum Gasteiger partial charge on any atom is -0.381 e. The summed E-state index contributed by atoms with van der Waals surface area (Å²) in [7, 11) is 1.79. The first-order valence-corrected chi connectivity index (χ1v) is 11.3. The summed E-state index contributed by atoms with van der Waals surface area (Å²) in [5.41, 5.74) is 4.79. The molecule has 2 aromatic heterocycles. The van der Waals surface area contributed by atoms with Crippen LogP contribution in [0.2, 0.25) is 0 Å². The maximum Gasteiger partial charge on any atom is 0.253 e. The van der Waals surface area contributed by atoms with E-state index in [2.05, 4.69) is 29.7 Å². The fourth-order valence-electron chi connectivity index (χ4n) is 4.40. The van der Waals surface area contributed by atoms with Gasteiger partial charge in [-0.05, 0) is 62.9 Å². The van der Waals surface area contributed by atoms with Gasteiger partial charge in [-0.15, -0.1) is 12.6 Å². The first-order chi connectivity index (χ1) is 14.8. The summed E-state index contributed by atoms with van der Waals surface area (Å²) in [6.45, 7) is 8.56. The number of aryl methyl sites for hydroxylation is 2. The Bertz CT molecular complexity index is 1120. The monoisotopic (exact) mass is 441 g/mol. The van der Waals surface area contributed by atoms with Crippen molar-refractivity contribution in [3.8, 4) is 11.1 Å². The van der Waals surface area contributed by atoms with Crippen molar-refractivity contribution in [2.75, 3.05) is 26.4 Å². The van der Waals surface area contributed by atoms with Crippen LogP contribution in [0.25, 0.3) is 22.2 Å². The molecule has 0 bridgehead atoms. The maximum absolute atomic E-state index is 12.1. The molecule has 3 aromatic rings. The van der Waals surface area contributed by atoms with Crippen LogP contribution in [0.1, 0.15) is 44.0 Å². The van der Waals surface area contributed by atoms with E-state index in [1.807, 2.05) is 26.1 Å². The number of imidazole rings is 1. The van der Waals surface area contributed by atoms with E-state index in [-0.39, 0.29) is 5.56 Å². The Morgan fingerprint density at radius 3 is 2.68 bits per heavy atom. The van der Waals surface area contributed by atoms with Gasteiger partial charge in [0.25, 0.3) is 5.56 Å². The second-order valence-corrected chi connectivity index (χ2v) is 9.54. The highest BCUT2D eigenvalue weighted by Gasteiger charge is 2.31. The average molecular weight is 442 g/mol. The molecule has 1 saturated heterocycles. The van der Waals surface area contributed by atoms with E-state index in [1.165, 1.54) is 0 Å². The predicted molar refractivity (Wildman–Crippen MR) is 127 cm³/mol. The third kappa shape index (κ3) is 4.31. The molecule has 31 heavy (non-hydrogen) atoms. The Labute approximate surface area is 188 Å². The zero-order valence-electron chi connectivity index (χ0n) is 18.7. The van der Waals surface area contributed by atoms with Gasteiger partial charge in [-0.25, -0.2) is 4.98 Å². The molecule has 0 N–H and O–H groups in total. The van der Waals surface area contributed by atoms with Crippen LogP contribution in [0.5, 0.6) is 0 Å². The fourth-order valence-corrected chi connectivity index (χ4v) is 4.71. The van der Waals surface area contributed by atoms with Crippen molar-refractivity contribution in [3.05, 3.63) is 52.2 Å². The number of ether oxygens (including phenoxy) is 2. The quantitative estimate of drug-likeness (QED) is 0.581. The first-order valence-electron chi connectivity index (χ1n) is 10.9. The fraction of sp³-hybridized carbons (Fsp3) is 0.500. The molecular formula is C24H31N3O3S. The highest BCUT2D eigenvalue weighted by molar-refractivity contribution is 7.81. The van der Waals surface area contributed by atoms with Crippen LogP contribution in [0.3, 0.4) is 0 Å². The summed E-state index contributed by atoms with van der Waals surface area (Å²) in [5.74, 6) is 1.38. The molecule has 6 nitrogen and oxygen atoms in total. The van der Waals surface area contributed by atoms with Crippen molar-refractivity contribution < 1.29 is 9.47 Å². The summed E-state index contributed by atoms with van der Waals surface area (Å²) in [5, 5.41) is 0. The lowest BCUT2D eigenvalue weighted by atomic mass is 9.99. The van der Waals surface area contributed by atoms with Crippen molar-refractivity contribution in [2.24, 2.45) is 7.05 Å².